The quantitative estimate of drug-likeness (QED) is 0.681. The predicted octanol–water partition coefficient (Wildman–Crippen LogP) is 3.74. The van der Waals surface area contributed by atoms with E-state index in [9.17, 15) is 9.59 Å². The van der Waals surface area contributed by atoms with E-state index < -0.39 is 11.6 Å². The van der Waals surface area contributed by atoms with E-state index in [0.29, 0.717) is 34.9 Å². The van der Waals surface area contributed by atoms with Crippen molar-refractivity contribution in [1.29, 1.82) is 0 Å². The fraction of sp³-hybridized carbons (Fsp3) is 0.300. The lowest BCUT2D eigenvalue weighted by molar-refractivity contribution is -0.119. The number of amides is 1. The summed E-state index contributed by atoms with van der Waals surface area (Å²) >= 11 is 6.15. The number of fused-ring (bicyclic) bond motifs is 1. The fourth-order valence-electron chi connectivity index (χ4n) is 2.92. The molecule has 7 nitrogen and oxygen atoms in total. The second-order valence-electron chi connectivity index (χ2n) is 6.25. The SMILES string of the molecule is CCOc1nc2cccnc2n(C(CC)C(=O)Nc2ccc(C)c(Cl)c2)c1=O. The Kier molecular flexibility index (Phi) is 5.94. The van der Waals surface area contributed by atoms with Gasteiger partial charge in [-0.1, -0.05) is 24.6 Å². The van der Waals surface area contributed by atoms with Gasteiger partial charge in [-0.15, -0.1) is 0 Å². The second-order valence-corrected chi connectivity index (χ2v) is 6.66. The van der Waals surface area contributed by atoms with Crippen molar-refractivity contribution in [2.45, 2.75) is 33.2 Å². The van der Waals surface area contributed by atoms with E-state index in [-0.39, 0.29) is 11.8 Å². The highest BCUT2D eigenvalue weighted by Crippen LogP contribution is 2.23. The summed E-state index contributed by atoms with van der Waals surface area (Å²) in [7, 11) is 0. The van der Waals surface area contributed by atoms with Crippen LogP contribution in [0.15, 0.2) is 41.3 Å². The molecule has 146 valence electrons. The van der Waals surface area contributed by atoms with Crippen LogP contribution >= 0.6 is 11.6 Å². The maximum absolute atomic E-state index is 13.0. The Balaban J connectivity index is 2.07. The van der Waals surface area contributed by atoms with Crippen molar-refractivity contribution in [2.75, 3.05) is 11.9 Å². The van der Waals surface area contributed by atoms with Crippen molar-refractivity contribution in [2.24, 2.45) is 0 Å². The number of hydrogen-bond acceptors (Lipinski definition) is 5. The molecule has 1 N–H and O–H groups in total. The topological polar surface area (TPSA) is 86.1 Å². The highest BCUT2D eigenvalue weighted by atomic mass is 35.5. The first-order valence-corrected chi connectivity index (χ1v) is 9.41. The van der Waals surface area contributed by atoms with Crippen molar-refractivity contribution in [3.05, 3.63) is 57.5 Å². The number of pyridine rings is 1. The molecule has 0 aliphatic carbocycles. The van der Waals surface area contributed by atoms with Crippen LogP contribution in [0.25, 0.3) is 11.2 Å². The zero-order chi connectivity index (χ0) is 20.3. The average molecular weight is 401 g/mol. The maximum Gasteiger partial charge on any atom is 0.315 e. The summed E-state index contributed by atoms with van der Waals surface area (Å²) < 4.78 is 6.73. The molecule has 0 fully saturated rings. The van der Waals surface area contributed by atoms with E-state index in [0.717, 1.165) is 5.56 Å². The van der Waals surface area contributed by atoms with Crippen molar-refractivity contribution < 1.29 is 9.53 Å². The third-order valence-corrected chi connectivity index (χ3v) is 4.75. The Labute approximate surface area is 167 Å². The molecule has 28 heavy (non-hydrogen) atoms. The zero-order valence-electron chi connectivity index (χ0n) is 15.9. The van der Waals surface area contributed by atoms with Crippen LogP contribution in [0, 0.1) is 6.92 Å². The minimum Gasteiger partial charge on any atom is -0.474 e. The van der Waals surface area contributed by atoms with Gasteiger partial charge in [0.05, 0.1) is 6.61 Å². The van der Waals surface area contributed by atoms with Gasteiger partial charge >= 0.3 is 5.56 Å². The number of ether oxygens (including phenoxy) is 1. The predicted molar refractivity (Wildman–Crippen MR) is 109 cm³/mol. The van der Waals surface area contributed by atoms with E-state index in [1.807, 2.05) is 19.9 Å². The van der Waals surface area contributed by atoms with Gasteiger partial charge in [0.15, 0.2) is 5.65 Å². The monoisotopic (exact) mass is 400 g/mol. The number of carbonyl (C=O) groups excluding carboxylic acids is 1. The van der Waals surface area contributed by atoms with Gasteiger partial charge in [0, 0.05) is 16.9 Å². The summed E-state index contributed by atoms with van der Waals surface area (Å²) in [5.74, 6) is -0.391. The summed E-state index contributed by atoms with van der Waals surface area (Å²) in [5.41, 5.74) is 1.80. The normalized spacial score (nSPS) is 12.0. The number of anilines is 1. The van der Waals surface area contributed by atoms with Gasteiger partial charge in [0.2, 0.25) is 5.91 Å². The van der Waals surface area contributed by atoms with Crippen LogP contribution < -0.4 is 15.6 Å². The molecule has 1 aromatic carbocycles. The molecule has 1 amide bonds. The van der Waals surface area contributed by atoms with Crippen LogP contribution in [-0.2, 0) is 4.79 Å². The molecule has 0 aliphatic heterocycles. The number of rotatable bonds is 6. The summed E-state index contributed by atoms with van der Waals surface area (Å²) in [6, 6.07) is 7.93. The number of nitrogens with one attached hydrogen (secondary N) is 1. The lowest BCUT2D eigenvalue weighted by Gasteiger charge is -2.20. The van der Waals surface area contributed by atoms with Crippen LogP contribution in [0.2, 0.25) is 5.02 Å². The third kappa shape index (κ3) is 3.84. The number of benzene rings is 1. The number of nitrogens with zero attached hydrogens (tertiary/aromatic N) is 3. The van der Waals surface area contributed by atoms with Crippen LogP contribution in [-0.4, -0.2) is 27.0 Å². The first kappa shape index (κ1) is 19.8. The Hall–Kier alpha value is -2.93. The molecule has 3 aromatic rings. The van der Waals surface area contributed by atoms with Gasteiger partial charge in [-0.2, -0.15) is 0 Å². The van der Waals surface area contributed by atoms with Gasteiger partial charge in [-0.25, -0.2) is 9.97 Å². The van der Waals surface area contributed by atoms with Crippen LogP contribution in [0.1, 0.15) is 31.9 Å². The molecule has 3 rings (SSSR count). The van der Waals surface area contributed by atoms with Gasteiger partial charge in [0.25, 0.3) is 5.88 Å². The standard InChI is InChI=1S/C20H21ClN4O3/c1-4-16(18(26)23-13-9-8-12(3)14(21)11-13)25-17-15(7-6-10-22-17)24-19(20(25)27)28-5-2/h6-11,16H,4-5H2,1-3H3,(H,23,26). The number of aryl methyl sites for hydroxylation is 1. The number of aromatic nitrogens is 3. The zero-order valence-corrected chi connectivity index (χ0v) is 16.7. The Morgan fingerprint density at radius 3 is 2.79 bits per heavy atom. The molecular formula is C20H21ClN4O3. The molecule has 0 aliphatic rings. The van der Waals surface area contributed by atoms with Gasteiger partial charge in [-0.3, -0.25) is 14.2 Å². The second kappa shape index (κ2) is 8.39. The lowest BCUT2D eigenvalue weighted by Crippen LogP contribution is -2.34. The fourth-order valence-corrected chi connectivity index (χ4v) is 3.10. The number of halogens is 1. The minimum atomic E-state index is -0.785. The Morgan fingerprint density at radius 1 is 1.32 bits per heavy atom. The smallest absolute Gasteiger partial charge is 0.315 e. The highest BCUT2D eigenvalue weighted by molar-refractivity contribution is 6.31. The molecular weight excluding hydrogens is 380 g/mol. The first-order chi connectivity index (χ1) is 13.5. The van der Waals surface area contributed by atoms with Gasteiger partial charge in [0.1, 0.15) is 11.6 Å². The van der Waals surface area contributed by atoms with E-state index in [2.05, 4.69) is 15.3 Å². The van der Waals surface area contributed by atoms with E-state index in [1.165, 1.54) is 4.57 Å². The molecule has 0 spiro atoms. The Morgan fingerprint density at radius 2 is 2.11 bits per heavy atom. The molecule has 0 saturated heterocycles. The van der Waals surface area contributed by atoms with Gasteiger partial charge in [-0.05, 0) is 50.1 Å². The minimum absolute atomic E-state index is 0.0485. The molecule has 1 atom stereocenters. The Bertz CT molecular complexity index is 1080. The number of hydrogen-bond donors (Lipinski definition) is 1. The largest absolute Gasteiger partial charge is 0.474 e. The van der Waals surface area contributed by atoms with Crippen molar-refractivity contribution in [1.82, 2.24) is 14.5 Å². The van der Waals surface area contributed by atoms with E-state index in [1.54, 1.807) is 37.4 Å². The first-order valence-electron chi connectivity index (χ1n) is 9.03. The van der Waals surface area contributed by atoms with E-state index in [4.69, 9.17) is 16.3 Å². The summed E-state index contributed by atoms with van der Waals surface area (Å²) in [4.78, 5) is 34.5. The number of carbonyl (C=O) groups is 1. The van der Waals surface area contributed by atoms with Crippen molar-refractivity contribution >= 4 is 34.4 Å². The van der Waals surface area contributed by atoms with E-state index >= 15 is 0 Å². The average Bonchev–Trinajstić information content (AvgIpc) is 2.68. The van der Waals surface area contributed by atoms with Gasteiger partial charge < -0.3 is 10.1 Å². The molecule has 1 unspecified atom stereocenters. The molecule has 2 heterocycles. The summed E-state index contributed by atoms with van der Waals surface area (Å²) in [6.45, 7) is 5.77. The van der Waals surface area contributed by atoms with Crippen LogP contribution in [0.4, 0.5) is 5.69 Å². The van der Waals surface area contributed by atoms with Crippen molar-refractivity contribution in [3.63, 3.8) is 0 Å². The van der Waals surface area contributed by atoms with Crippen LogP contribution in [0.5, 0.6) is 5.88 Å². The summed E-state index contributed by atoms with van der Waals surface area (Å²) in [6.07, 6.45) is 1.94. The molecule has 0 bridgehead atoms. The van der Waals surface area contributed by atoms with Crippen LogP contribution in [0.3, 0.4) is 0 Å². The lowest BCUT2D eigenvalue weighted by atomic mass is 10.1. The van der Waals surface area contributed by atoms with Crippen molar-refractivity contribution in [3.8, 4) is 5.88 Å². The molecule has 0 saturated carbocycles. The third-order valence-electron chi connectivity index (χ3n) is 4.34. The molecule has 2 aromatic heterocycles. The highest BCUT2D eigenvalue weighted by Gasteiger charge is 2.25. The molecule has 0 radical (unpaired) electrons. The summed E-state index contributed by atoms with van der Waals surface area (Å²) in [5, 5.41) is 3.38. The molecule has 8 heteroatoms. The maximum atomic E-state index is 13.0.